The molecular formula is C13H14N2O4. The lowest BCUT2D eigenvalue weighted by Crippen LogP contribution is -2.43. The molecule has 6 nitrogen and oxygen atoms in total. The Bertz CT molecular complexity index is 624. The number of anilines is 1. The Morgan fingerprint density at radius 2 is 2.42 bits per heavy atom. The number of hydrogen-bond acceptors (Lipinski definition) is 5. The molecular weight excluding hydrogens is 248 g/mol. The minimum atomic E-state index is -0.951. The molecule has 2 atom stereocenters. The van der Waals surface area contributed by atoms with Gasteiger partial charge in [0.25, 0.3) is 0 Å². The summed E-state index contributed by atoms with van der Waals surface area (Å²) in [5.41, 5.74) is -0.235. The van der Waals surface area contributed by atoms with E-state index >= 15 is 0 Å². The Kier molecular flexibility index (Phi) is 2.67. The van der Waals surface area contributed by atoms with Gasteiger partial charge < -0.3 is 19.6 Å². The van der Waals surface area contributed by atoms with Crippen LogP contribution >= 0.6 is 0 Å². The van der Waals surface area contributed by atoms with Crippen LogP contribution in [0.15, 0.2) is 29.0 Å². The molecule has 0 aromatic carbocycles. The minimum Gasteiger partial charge on any atom is -0.481 e. The normalized spacial score (nSPS) is 26.7. The molecule has 2 aromatic rings. The van der Waals surface area contributed by atoms with Crippen molar-refractivity contribution in [3.05, 3.63) is 24.6 Å². The Hall–Kier alpha value is -2.08. The first-order valence-electron chi connectivity index (χ1n) is 6.01. The fraction of sp³-hybridized carbons (Fsp3) is 0.385. The molecule has 2 aromatic heterocycles. The van der Waals surface area contributed by atoms with E-state index in [1.54, 1.807) is 31.5 Å². The van der Waals surface area contributed by atoms with E-state index in [2.05, 4.69) is 10.3 Å². The van der Waals surface area contributed by atoms with E-state index in [1.165, 1.54) is 0 Å². The molecule has 1 aliphatic rings. The number of pyridine rings is 1. The van der Waals surface area contributed by atoms with Crippen molar-refractivity contribution < 1.29 is 19.1 Å². The monoisotopic (exact) mass is 262 g/mol. The Labute approximate surface area is 109 Å². The summed E-state index contributed by atoms with van der Waals surface area (Å²) in [6.07, 6.45) is 3.21. The van der Waals surface area contributed by atoms with Crippen molar-refractivity contribution in [2.75, 3.05) is 18.5 Å². The first-order chi connectivity index (χ1) is 9.11. The van der Waals surface area contributed by atoms with Crippen LogP contribution in [0.3, 0.4) is 0 Å². The smallest absolute Gasteiger partial charge is 0.313 e. The first-order valence-corrected chi connectivity index (χ1v) is 6.01. The summed E-state index contributed by atoms with van der Waals surface area (Å²) in [7, 11) is 0. The summed E-state index contributed by atoms with van der Waals surface area (Å²) in [6, 6.07) is 3.25. The second-order valence-corrected chi connectivity index (χ2v) is 4.93. The number of hydrogen-bond donors (Lipinski definition) is 2. The molecule has 100 valence electrons. The number of furan rings is 1. The highest BCUT2D eigenvalue weighted by molar-refractivity contribution is 5.88. The zero-order valence-corrected chi connectivity index (χ0v) is 10.4. The molecule has 1 aliphatic heterocycles. The number of ether oxygens (including phenoxy) is 1. The van der Waals surface area contributed by atoms with Crippen LogP contribution in [0.5, 0.6) is 0 Å². The Balaban J connectivity index is 1.93. The zero-order valence-electron chi connectivity index (χ0n) is 10.4. The summed E-state index contributed by atoms with van der Waals surface area (Å²) in [5, 5.41) is 13.3. The molecule has 0 amide bonds. The van der Waals surface area contributed by atoms with Crippen LogP contribution in [-0.2, 0) is 9.53 Å². The Morgan fingerprint density at radius 3 is 3.21 bits per heavy atom. The van der Waals surface area contributed by atoms with Gasteiger partial charge in [-0.25, -0.2) is 4.98 Å². The molecule has 0 bridgehead atoms. The maximum atomic E-state index is 11.4. The van der Waals surface area contributed by atoms with Crippen molar-refractivity contribution in [1.82, 2.24) is 4.98 Å². The molecule has 0 spiro atoms. The molecule has 0 radical (unpaired) electrons. The summed E-state index contributed by atoms with van der Waals surface area (Å²) in [6.45, 7) is 2.22. The van der Waals surface area contributed by atoms with Crippen LogP contribution in [-0.4, -0.2) is 35.3 Å². The lowest BCUT2D eigenvalue weighted by Gasteiger charge is -2.26. The molecule has 19 heavy (non-hydrogen) atoms. The number of carboxylic acid groups (broad SMARTS) is 1. The van der Waals surface area contributed by atoms with E-state index in [0.717, 1.165) is 5.39 Å². The van der Waals surface area contributed by atoms with Gasteiger partial charge in [0.2, 0.25) is 0 Å². The number of carboxylic acids is 1. The molecule has 6 heteroatoms. The fourth-order valence-corrected chi connectivity index (χ4v) is 2.26. The minimum absolute atomic E-state index is 0.196. The molecule has 3 rings (SSSR count). The number of aromatic nitrogens is 1. The standard InChI is InChI=1S/C13H14N2O4/c1-13(12(16)17)7-18-6-10(13)15-11-8-3-5-19-9(8)2-4-14-11/h2-5,10H,6-7H2,1H3,(H,14,15)(H,16,17). The van der Waals surface area contributed by atoms with Gasteiger partial charge in [0.1, 0.15) is 16.8 Å². The highest BCUT2D eigenvalue weighted by Gasteiger charge is 2.47. The van der Waals surface area contributed by atoms with Crippen LogP contribution in [0.25, 0.3) is 11.0 Å². The molecule has 2 unspecified atom stereocenters. The number of aliphatic carboxylic acids is 1. The second-order valence-electron chi connectivity index (χ2n) is 4.93. The van der Waals surface area contributed by atoms with Gasteiger partial charge in [0, 0.05) is 6.20 Å². The Morgan fingerprint density at radius 1 is 1.58 bits per heavy atom. The molecule has 1 saturated heterocycles. The van der Waals surface area contributed by atoms with Crippen molar-refractivity contribution in [2.24, 2.45) is 5.41 Å². The zero-order chi connectivity index (χ0) is 13.5. The average Bonchev–Trinajstić information content (AvgIpc) is 2.98. The van der Waals surface area contributed by atoms with E-state index in [-0.39, 0.29) is 12.6 Å². The maximum absolute atomic E-state index is 11.4. The van der Waals surface area contributed by atoms with E-state index in [1.807, 2.05) is 0 Å². The topological polar surface area (TPSA) is 84.6 Å². The van der Waals surface area contributed by atoms with Gasteiger partial charge >= 0.3 is 5.97 Å². The van der Waals surface area contributed by atoms with E-state index in [9.17, 15) is 9.90 Å². The highest BCUT2D eigenvalue weighted by Crippen LogP contribution is 2.32. The number of rotatable bonds is 3. The van der Waals surface area contributed by atoms with Gasteiger partial charge in [-0.1, -0.05) is 0 Å². The third kappa shape index (κ3) is 1.84. The van der Waals surface area contributed by atoms with Gasteiger partial charge in [-0.3, -0.25) is 4.79 Å². The molecule has 1 fully saturated rings. The van der Waals surface area contributed by atoms with Gasteiger partial charge in [-0.15, -0.1) is 0 Å². The van der Waals surface area contributed by atoms with Gasteiger partial charge in [0.05, 0.1) is 30.9 Å². The van der Waals surface area contributed by atoms with Crippen LogP contribution in [0.4, 0.5) is 5.82 Å². The second kappa shape index (κ2) is 4.24. The van der Waals surface area contributed by atoms with E-state index in [0.29, 0.717) is 18.0 Å². The van der Waals surface area contributed by atoms with Crippen molar-refractivity contribution in [2.45, 2.75) is 13.0 Å². The van der Waals surface area contributed by atoms with Crippen LogP contribution in [0.1, 0.15) is 6.92 Å². The summed E-state index contributed by atoms with van der Waals surface area (Å²) in [5.74, 6) is -0.254. The van der Waals surface area contributed by atoms with Crippen molar-refractivity contribution in [1.29, 1.82) is 0 Å². The van der Waals surface area contributed by atoms with Gasteiger partial charge in [0.15, 0.2) is 0 Å². The maximum Gasteiger partial charge on any atom is 0.313 e. The van der Waals surface area contributed by atoms with Crippen molar-refractivity contribution >= 4 is 22.8 Å². The number of fused-ring (bicyclic) bond motifs is 1. The first kappa shape index (κ1) is 12.0. The SMILES string of the molecule is CC1(C(=O)O)COCC1Nc1nccc2occc12. The van der Waals surface area contributed by atoms with Crippen LogP contribution in [0.2, 0.25) is 0 Å². The van der Waals surface area contributed by atoms with Crippen LogP contribution in [0, 0.1) is 5.41 Å². The number of nitrogens with one attached hydrogen (secondary N) is 1. The lowest BCUT2D eigenvalue weighted by atomic mass is 9.85. The lowest BCUT2D eigenvalue weighted by molar-refractivity contribution is -0.148. The van der Waals surface area contributed by atoms with Crippen LogP contribution < -0.4 is 5.32 Å². The summed E-state index contributed by atoms with van der Waals surface area (Å²) >= 11 is 0. The predicted octanol–water partition coefficient (Wildman–Crippen LogP) is 1.73. The average molecular weight is 262 g/mol. The van der Waals surface area contributed by atoms with Gasteiger partial charge in [-0.05, 0) is 19.1 Å². The quantitative estimate of drug-likeness (QED) is 0.876. The molecule has 0 aliphatic carbocycles. The van der Waals surface area contributed by atoms with E-state index < -0.39 is 11.4 Å². The summed E-state index contributed by atoms with van der Waals surface area (Å²) in [4.78, 5) is 15.6. The molecule has 3 heterocycles. The fourth-order valence-electron chi connectivity index (χ4n) is 2.26. The van der Waals surface area contributed by atoms with Gasteiger partial charge in [-0.2, -0.15) is 0 Å². The predicted molar refractivity (Wildman–Crippen MR) is 68.0 cm³/mol. The largest absolute Gasteiger partial charge is 0.481 e. The summed E-state index contributed by atoms with van der Waals surface area (Å²) < 4.78 is 10.6. The number of nitrogens with zero attached hydrogens (tertiary/aromatic N) is 1. The molecule has 2 N–H and O–H groups in total. The highest BCUT2D eigenvalue weighted by atomic mass is 16.5. The number of carbonyl (C=O) groups is 1. The third-order valence-corrected chi connectivity index (χ3v) is 3.63. The van der Waals surface area contributed by atoms with E-state index in [4.69, 9.17) is 9.15 Å². The third-order valence-electron chi connectivity index (χ3n) is 3.63. The van der Waals surface area contributed by atoms with Crippen molar-refractivity contribution in [3.8, 4) is 0 Å². The molecule has 0 saturated carbocycles. The van der Waals surface area contributed by atoms with Crippen molar-refractivity contribution in [3.63, 3.8) is 0 Å².